The van der Waals surface area contributed by atoms with Crippen molar-refractivity contribution in [2.24, 2.45) is 0 Å². The first-order chi connectivity index (χ1) is 14.2. The van der Waals surface area contributed by atoms with Gasteiger partial charge >= 0.3 is 12.1 Å². The van der Waals surface area contributed by atoms with Crippen molar-refractivity contribution in [3.63, 3.8) is 0 Å². The van der Waals surface area contributed by atoms with Crippen LogP contribution in [0.15, 0.2) is 16.9 Å². The second-order valence-electron chi connectivity index (χ2n) is 8.30. The van der Waals surface area contributed by atoms with Crippen molar-refractivity contribution in [3.8, 4) is 0 Å². The molecule has 1 fully saturated rings. The van der Waals surface area contributed by atoms with Gasteiger partial charge in [0.05, 0.1) is 21.2 Å². The van der Waals surface area contributed by atoms with E-state index in [0.717, 1.165) is 34.9 Å². The third-order valence-corrected chi connectivity index (χ3v) is 5.25. The molecular weight excluding hydrogens is 452 g/mol. The maximum absolute atomic E-state index is 12.2. The minimum absolute atomic E-state index is 0.0394. The Balaban J connectivity index is 1.84. The van der Waals surface area contributed by atoms with Crippen LogP contribution in [0.25, 0.3) is 11.0 Å². The van der Waals surface area contributed by atoms with Gasteiger partial charge in [-0.05, 0) is 56.5 Å². The summed E-state index contributed by atoms with van der Waals surface area (Å²) in [5, 5.41) is 9.43. The zero-order valence-corrected chi connectivity index (χ0v) is 19.4. The quantitative estimate of drug-likeness (QED) is 0.528. The van der Waals surface area contributed by atoms with Crippen molar-refractivity contribution >= 4 is 50.5 Å². The predicted molar refractivity (Wildman–Crippen MR) is 121 cm³/mol. The number of H-pyrrole nitrogens is 1. The van der Waals surface area contributed by atoms with Crippen LogP contribution < -0.4 is 20.9 Å². The number of halogens is 1. The van der Waals surface area contributed by atoms with Gasteiger partial charge in [0.1, 0.15) is 11.2 Å². The van der Waals surface area contributed by atoms with Crippen molar-refractivity contribution in [2.45, 2.75) is 52.2 Å². The van der Waals surface area contributed by atoms with E-state index in [-0.39, 0.29) is 12.1 Å². The van der Waals surface area contributed by atoms with Gasteiger partial charge in [-0.1, -0.05) is 0 Å². The Morgan fingerprint density at radius 1 is 1.40 bits per heavy atom. The minimum Gasteiger partial charge on any atom is -0.444 e. The molecule has 164 valence electrons. The number of ether oxygens (including phenoxy) is 1. The molecule has 0 unspecified atom stereocenters. The summed E-state index contributed by atoms with van der Waals surface area (Å²) < 4.78 is 6.23. The highest BCUT2D eigenvalue weighted by Gasteiger charge is 2.27. The topological polar surface area (TPSA) is 111 Å². The molecule has 1 saturated heterocycles. The maximum Gasteiger partial charge on any atom is 0.407 e. The molecule has 0 radical (unpaired) electrons. The van der Waals surface area contributed by atoms with Crippen molar-refractivity contribution in [3.05, 3.63) is 16.9 Å². The summed E-state index contributed by atoms with van der Waals surface area (Å²) in [6, 6.07) is -0.310. The molecule has 9 nitrogen and oxygen atoms in total. The number of aromatic amines is 1. The summed E-state index contributed by atoms with van der Waals surface area (Å²) in [6.45, 7) is 9.40. The molecule has 3 rings (SSSR count). The molecule has 3 heterocycles. The standard InChI is InChI=1S/C20H29BrN6O3/c1-5-22-18(28)26-14-10-24-17-15(14)16(13(21)9-23-17)27-8-6-7-12(11-27)25-19(29)30-20(2,3)4/h9-10,12H,5-8,11H2,1-4H3,(H,23,24)(H,25,29)(H2,22,26,28)/t12-/m1/s1. The molecule has 1 atom stereocenters. The number of anilines is 2. The van der Waals surface area contributed by atoms with Crippen LogP contribution in [-0.2, 0) is 4.74 Å². The van der Waals surface area contributed by atoms with E-state index in [4.69, 9.17) is 4.74 Å². The summed E-state index contributed by atoms with van der Waals surface area (Å²) in [4.78, 5) is 34.0. The van der Waals surface area contributed by atoms with Crippen molar-refractivity contribution in [1.29, 1.82) is 0 Å². The van der Waals surface area contributed by atoms with Gasteiger partial charge in [0.2, 0.25) is 0 Å². The van der Waals surface area contributed by atoms with Crippen LogP contribution in [0, 0.1) is 0 Å². The lowest BCUT2D eigenvalue weighted by molar-refractivity contribution is 0.0500. The number of urea groups is 1. The van der Waals surface area contributed by atoms with Gasteiger partial charge in [-0.2, -0.15) is 0 Å². The highest BCUT2D eigenvalue weighted by atomic mass is 79.9. The monoisotopic (exact) mass is 480 g/mol. The Morgan fingerprint density at radius 3 is 2.87 bits per heavy atom. The van der Waals surface area contributed by atoms with Crippen LogP contribution in [-0.4, -0.2) is 53.4 Å². The number of hydrogen-bond acceptors (Lipinski definition) is 5. The van der Waals surface area contributed by atoms with Gasteiger partial charge in [-0.3, -0.25) is 0 Å². The third kappa shape index (κ3) is 5.35. The van der Waals surface area contributed by atoms with Gasteiger partial charge in [-0.15, -0.1) is 0 Å². The maximum atomic E-state index is 12.2. The molecule has 1 aliphatic rings. The number of nitrogens with one attached hydrogen (secondary N) is 4. The summed E-state index contributed by atoms with van der Waals surface area (Å²) in [7, 11) is 0. The fraction of sp³-hybridized carbons (Fsp3) is 0.550. The van der Waals surface area contributed by atoms with E-state index in [9.17, 15) is 9.59 Å². The Hall–Kier alpha value is -2.49. The number of carbonyl (C=O) groups is 2. The molecule has 10 heteroatoms. The van der Waals surface area contributed by atoms with Crippen LogP contribution in [0.2, 0.25) is 0 Å². The van der Waals surface area contributed by atoms with Gasteiger partial charge in [-0.25, -0.2) is 14.6 Å². The lowest BCUT2D eigenvalue weighted by Gasteiger charge is -2.36. The van der Waals surface area contributed by atoms with Crippen molar-refractivity contribution < 1.29 is 14.3 Å². The second kappa shape index (κ2) is 9.11. The first kappa shape index (κ1) is 22.2. The number of piperidine rings is 1. The number of hydrogen-bond donors (Lipinski definition) is 4. The normalized spacial score (nSPS) is 17.0. The van der Waals surface area contributed by atoms with Gasteiger partial charge in [0, 0.05) is 38.1 Å². The lowest BCUT2D eigenvalue weighted by Crippen LogP contribution is -2.49. The van der Waals surface area contributed by atoms with Gasteiger partial charge in [0.25, 0.3) is 0 Å². The van der Waals surface area contributed by atoms with E-state index < -0.39 is 11.7 Å². The van der Waals surface area contributed by atoms with E-state index >= 15 is 0 Å². The van der Waals surface area contributed by atoms with Crippen LogP contribution in [0.4, 0.5) is 21.0 Å². The largest absolute Gasteiger partial charge is 0.444 e. The molecule has 4 N–H and O–H groups in total. The highest BCUT2D eigenvalue weighted by molar-refractivity contribution is 9.10. The molecule has 3 amide bonds. The molecule has 0 aromatic carbocycles. The smallest absolute Gasteiger partial charge is 0.407 e. The summed E-state index contributed by atoms with van der Waals surface area (Å²) in [6.07, 6.45) is 4.87. The second-order valence-corrected chi connectivity index (χ2v) is 9.15. The van der Waals surface area contributed by atoms with Gasteiger partial charge in [0.15, 0.2) is 0 Å². The molecule has 1 aliphatic heterocycles. The van der Waals surface area contributed by atoms with E-state index in [0.29, 0.717) is 24.4 Å². The van der Waals surface area contributed by atoms with Crippen LogP contribution in [0.1, 0.15) is 40.5 Å². The van der Waals surface area contributed by atoms with Crippen molar-refractivity contribution in [1.82, 2.24) is 20.6 Å². The highest BCUT2D eigenvalue weighted by Crippen LogP contribution is 2.38. The number of pyridine rings is 1. The van der Waals surface area contributed by atoms with Crippen LogP contribution >= 0.6 is 15.9 Å². The number of alkyl carbamates (subject to hydrolysis) is 1. The zero-order chi connectivity index (χ0) is 21.9. The van der Waals surface area contributed by atoms with E-state index in [1.807, 2.05) is 27.7 Å². The first-order valence-electron chi connectivity index (χ1n) is 10.1. The Labute approximate surface area is 184 Å². The van der Waals surface area contributed by atoms with E-state index in [2.05, 4.69) is 46.7 Å². The Morgan fingerprint density at radius 2 is 2.17 bits per heavy atom. The number of fused-ring (bicyclic) bond motifs is 1. The van der Waals surface area contributed by atoms with Gasteiger partial charge < -0.3 is 30.6 Å². The number of nitrogens with zero attached hydrogens (tertiary/aromatic N) is 2. The summed E-state index contributed by atoms with van der Waals surface area (Å²) in [5.74, 6) is 0. The van der Waals surface area contributed by atoms with Crippen molar-refractivity contribution in [2.75, 3.05) is 29.9 Å². The first-order valence-corrected chi connectivity index (χ1v) is 10.9. The third-order valence-electron chi connectivity index (χ3n) is 4.67. The zero-order valence-electron chi connectivity index (χ0n) is 17.8. The molecule has 2 aromatic heterocycles. The fourth-order valence-corrected chi connectivity index (χ4v) is 4.11. The van der Waals surface area contributed by atoms with Crippen LogP contribution in [0.3, 0.4) is 0 Å². The molecule has 30 heavy (non-hydrogen) atoms. The average Bonchev–Trinajstić information content (AvgIpc) is 3.03. The Kier molecular flexibility index (Phi) is 6.74. The fourth-order valence-electron chi connectivity index (χ4n) is 3.56. The molecule has 2 aromatic rings. The molecule has 0 saturated carbocycles. The minimum atomic E-state index is -0.538. The molecular formula is C20H29BrN6O3. The summed E-state index contributed by atoms with van der Waals surface area (Å²) >= 11 is 3.62. The van der Waals surface area contributed by atoms with E-state index in [1.165, 1.54) is 0 Å². The van der Waals surface area contributed by atoms with Crippen LogP contribution in [0.5, 0.6) is 0 Å². The predicted octanol–water partition coefficient (Wildman–Crippen LogP) is 3.96. The molecule has 0 bridgehead atoms. The molecule has 0 spiro atoms. The Bertz CT molecular complexity index is 923. The number of aromatic nitrogens is 2. The lowest BCUT2D eigenvalue weighted by atomic mass is 10.0. The van der Waals surface area contributed by atoms with E-state index in [1.54, 1.807) is 12.4 Å². The average molecular weight is 481 g/mol. The summed E-state index contributed by atoms with van der Waals surface area (Å²) in [5.41, 5.74) is 1.73. The molecule has 0 aliphatic carbocycles. The number of carbonyl (C=O) groups excluding carboxylic acids is 2. The number of rotatable bonds is 4. The SMILES string of the molecule is CCNC(=O)Nc1c[nH]c2ncc(Br)c(N3CCC[C@@H](NC(=O)OC(C)(C)C)C3)c12. The number of amides is 3.